The van der Waals surface area contributed by atoms with Crippen molar-refractivity contribution in [1.29, 1.82) is 0 Å². The molecule has 18 heavy (non-hydrogen) atoms. The van der Waals surface area contributed by atoms with Crippen LogP contribution >= 0.6 is 31.9 Å². The Morgan fingerprint density at radius 3 is 2.56 bits per heavy atom. The van der Waals surface area contributed by atoms with Crippen LogP contribution in [0.25, 0.3) is 0 Å². The lowest BCUT2D eigenvalue weighted by Gasteiger charge is -2.12. The minimum atomic E-state index is -0.411. The van der Waals surface area contributed by atoms with Gasteiger partial charge in [0.15, 0.2) is 5.75 Å². The lowest BCUT2D eigenvalue weighted by Crippen LogP contribution is -1.95. The molecule has 2 nitrogen and oxygen atoms in total. The summed E-state index contributed by atoms with van der Waals surface area (Å²) >= 11 is 6.48. The Morgan fingerprint density at radius 1 is 1.11 bits per heavy atom. The third-order valence-corrected chi connectivity index (χ3v) is 3.52. The van der Waals surface area contributed by atoms with Crippen molar-refractivity contribution in [3.8, 4) is 11.5 Å². The van der Waals surface area contributed by atoms with Crippen LogP contribution in [0.15, 0.2) is 39.3 Å². The van der Waals surface area contributed by atoms with Crippen LogP contribution in [-0.4, -0.2) is 0 Å². The van der Waals surface area contributed by atoms with Crippen LogP contribution in [0.4, 0.5) is 10.1 Å². The fourth-order valence-electron chi connectivity index (χ4n) is 1.43. The van der Waals surface area contributed by atoms with Crippen LogP contribution in [0, 0.1) is 12.7 Å². The lowest BCUT2D eigenvalue weighted by molar-refractivity contribution is 0.478. The molecule has 0 heterocycles. The Balaban J connectivity index is 2.40. The molecule has 2 rings (SSSR count). The monoisotopic (exact) mass is 373 g/mol. The number of hydrogen-bond donors (Lipinski definition) is 1. The van der Waals surface area contributed by atoms with Crippen molar-refractivity contribution in [2.75, 3.05) is 5.73 Å². The zero-order valence-corrected chi connectivity index (χ0v) is 12.7. The molecule has 0 atom stereocenters. The van der Waals surface area contributed by atoms with Crippen LogP contribution < -0.4 is 10.5 Å². The average Bonchev–Trinajstić information content (AvgIpc) is 2.30. The van der Waals surface area contributed by atoms with Gasteiger partial charge in [0, 0.05) is 16.6 Å². The molecule has 0 bridgehead atoms. The zero-order chi connectivity index (χ0) is 13.3. The number of aryl methyl sites for hydroxylation is 1. The molecule has 2 aromatic carbocycles. The third-order valence-electron chi connectivity index (χ3n) is 2.42. The molecule has 5 heteroatoms. The van der Waals surface area contributed by atoms with Gasteiger partial charge < -0.3 is 10.5 Å². The number of hydrogen-bond acceptors (Lipinski definition) is 2. The Morgan fingerprint density at radius 2 is 1.83 bits per heavy atom. The van der Waals surface area contributed by atoms with Crippen LogP contribution in [0.3, 0.4) is 0 Å². The van der Waals surface area contributed by atoms with Gasteiger partial charge in [0.25, 0.3) is 0 Å². The summed E-state index contributed by atoms with van der Waals surface area (Å²) in [5.74, 6) is 0.685. The minimum absolute atomic E-state index is 0.259. The Bertz CT molecular complexity index is 602. The Hall–Kier alpha value is -1.07. The topological polar surface area (TPSA) is 35.2 Å². The van der Waals surface area contributed by atoms with E-state index in [0.717, 1.165) is 10.0 Å². The molecule has 0 aromatic heterocycles. The molecule has 0 fully saturated rings. The summed E-state index contributed by atoms with van der Waals surface area (Å²) in [6, 6.07) is 8.43. The van der Waals surface area contributed by atoms with Crippen LogP contribution in [0.5, 0.6) is 11.5 Å². The van der Waals surface area contributed by atoms with E-state index in [9.17, 15) is 4.39 Å². The summed E-state index contributed by atoms with van der Waals surface area (Å²) in [4.78, 5) is 0. The lowest BCUT2D eigenvalue weighted by atomic mass is 10.2. The molecule has 94 valence electrons. The number of ether oxygens (including phenoxy) is 1. The van der Waals surface area contributed by atoms with Gasteiger partial charge in [-0.25, -0.2) is 4.39 Å². The van der Waals surface area contributed by atoms with Crippen molar-refractivity contribution in [1.82, 2.24) is 0 Å². The molecule has 0 unspecified atom stereocenters. The van der Waals surface area contributed by atoms with Gasteiger partial charge in [0.2, 0.25) is 0 Å². The van der Waals surface area contributed by atoms with E-state index in [1.54, 1.807) is 0 Å². The second-order valence-electron chi connectivity index (χ2n) is 3.82. The number of benzene rings is 2. The van der Waals surface area contributed by atoms with Gasteiger partial charge in [-0.05, 0) is 40.5 Å². The maximum Gasteiger partial charge on any atom is 0.151 e. The SMILES string of the molecule is Cc1ccc(Br)cc1Oc1cc(Br)c(F)cc1N. The summed E-state index contributed by atoms with van der Waals surface area (Å²) in [5.41, 5.74) is 6.96. The second kappa shape index (κ2) is 5.28. The maximum atomic E-state index is 13.3. The third kappa shape index (κ3) is 2.84. The number of rotatable bonds is 2. The van der Waals surface area contributed by atoms with Crippen molar-refractivity contribution in [2.24, 2.45) is 0 Å². The zero-order valence-electron chi connectivity index (χ0n) is 9.51. The highest BCUT2D eigenvalue weighted by Gasteiger charge is 2.09. The molecule has 2 N–H and O–H groups in total. The summed E-state index contributed by atoms with van der Waals surface area (Å²) < 4.78 is 20.2. The fraction of sp³-hybridized carbons (Fsp3) is 0.0769. The first-order valence-electron chi connectivity index (χ1n) is 5.16. The van der Waals surface area contributed by atoms with Gasteiger partial charge in [-0.15, -0.1) is 0 Å². The Kier molecular flexibility index (Phi) is 3.92. The summed E-state index contributed by atoms with van der Waals surface area (Å²) in [6.07, 6.45) is 0. The predicted octanol–water partition coefficient (Wildman–Crippen LogP) is 5.03. The highest BCUT2D eigenvalue weighted by atomic mass is 79.9. The molecule has 0 aliphatic rings. The van der Waals surface area contributed by atoms with Crippen LogP contribution in [0.1, 0.15) is 5.56 Å². The first kappa shape index (κ1) is 13.4. The van der Waals surface area contributed by atoms with Gasteiger partial charge >= 0.3 is 0 Å². The standard InChI is InChI=1S/C13H10Br2FNO/c1-7-2-3-8(14)4-12(7)18-13-5-9(15)10(16)6-11(13)17/h2-6H,17H2,1H3. The van der Waals surface area contributed by atoms with Crippen molar-refractivity contribution in [2.45, 2.75) is 6.92 Å². The highest BCUT2D eigenvalue weighted by molar-refractivity contribution is 9.10. The number of halogens is 3. The van der Waals surface area contributed by atoms with E-state index in [1.807, 2.05) is 25.1 Å². The summed E-state index contributed by atoms with van der Waals surface area (Å²) in [7, 11) is 0. The molecule has 0 radical (unpaired) electrons. The molecule has 0 saturated heterocycles. The first-order valence-corrected chi connectivity index (χ1v) is 6.74. The van der Waals surface area contributed by atoms with Crippen molar-refractivity contribution >= 4 is 37.5 Å². The summed E-state index contributed by atoms with van der Waals surface area (Å²) in [6.45, 7) is 1.93. The van der Waals surface area contributed by atoms with Crippen LogP contribution in [0.2, 0.25) is 0 Å². The number of nitrogen functional groups attached to an aromatic ring is 1. The smallest absolute Gasteiger partial charge is 0.151 e. The van der Waals surface area contributed by atoms with Crippen LogP contribution in [-0.2, 0) is 0 Å². The van der Waals surface area contributed by atoms with E-state index in [1.165, 1.54) is 12.1 Å². The molecular weight excluding hydrogens is 365 g/mol. The van der Waals surface area contributed by atoms with Gasteiger partial charge in [0.1, 0.15) is 11.6 Å². The molecule has 2 aromatic rings. The van der Waals surface area contributed by atoms with Gasteiger partial charge in [-0.1, -0.05) is 22.0 Å². The van der Waals surface area contributed by atoms with Crippen molar-refractivity contribution in [3.05, 3.63) is 50.7 Å². The molecule has 0 spiro atoms. The number of nitrogens with two attached hydrogens (primary N) is 1. The van der Waals surface area contributed by atoms with E-state index in [4.69, 9.17) is 10.5 Å². The normalized spacial score (nSPS) is 10.4. The molecule has 0 saturated carbocycles. The largest absolute Gasteiger partial charge is 0.455 e. The first-order chi connectivity index (χ1) is 8.47. The highest BCUT2D eigenvalue weighted by Crippen LogP contribution is 2.34. The molecule has 0 aliphatic carbocycles. The van der Waals surface area contributed by atoms with E-state index >= 15 is 0 Å². The van der Waals surface area contributed by atoms with Crippen molar-refractivity contribution < 1.29 is 9.13 Å². The Labute approximate surface area is 121 Å². The minimum Gasteiger partial charge on any atom is -0.455 e. The van der Waals surface area contributed by atoms with Gasteiger partial charge in [-0.3, -0.25) is 0 Å². The molecule has 0 aliphatic heterocycles. The quantitative estimate of drug-likeness (QED) is 0.748. The van der Waals surface area contributed by atoms with Crippen molar-refractivity contribution in [3.63, 3.8) is 0 Å². The summed E-state index contributed by atoms with van der Waals surface area (Å²) in [5, 5.41) is 0. The second-order valence-corrected chi connectivity index (χ2v) is 5.59. The van der Waals surface area contributed by atoms with Gasteiger partial charge in [-0.2, -0.15) is 0 Å². The fourth-order valence-corrected chi connectivity index (χ4v) is 2.10. The predicted molar refractivity (Wildman–Crippen MR) is 77.5 cm³/mol. The van der Waals surface area contributed by atoms with E-state index in [-0.39, 0.29) is 5.69 Å². The molecule has 0 amide bonds. The molecular formula is C13H10Br2FNO. The van der Waals surface area contributed by atoms with E-state index in [2.05, 4.69) is 31.9 Å². The average molecular weight is 375 g/mol. The maximum absolute atomic E-state index is 13.3. The van der Waals surface area contributed by atoms with E-state index < -0.39 is 5.82 Å². The van der Waals surface area contributed by atoms with E-state index in [0.29, 0.717) is 16.0 Å². The number of anilines is 1. The van der Waals surface area contributed by atoms with Gasteiger partial charge in [0.05, 0.1) is 10.2 Å².